The van der Waals surface area contributed by atoms with E-state index < -0.39 is 0 Å². The molecule has 61 heavy (non-hydrogen) atoms. The highest BCUT2D eigenvalue weighted by atomic mass is 32.1. The van der Waals surface area contributed by atoms with Crippen molar-refractivity contribution in [3.8, 4) is 39.5 Å². The fourth-order valence-electron chi connectivity index (χ4n) is 10.1. The molecule has 5 heteroatoms. The van der Waals surface area contributed by atoms with Crippen LogP contribution < -0.4 is 0 Å². The zero-order valence-corrected chi connectivity index (χ0v) is 33.5. The van der Waals surface area contributed by atoms with Crippen molar-refractivity contribution in [1.82, 2.24) is 18.9 Å². The van der Waals surface area contributed by atoms with Crippen molar-refractivity contribution in [2.45, 2.75) is 0 Å². The maximum absolute atomic E-state index is 5.64. The molecule has 0 aliphatic rings. The first-order valence-electron chi connectivity index (χ1n) is 20.7. The summed E-state index contributed by atoms with van der Waals surface area (Å²) in [5, 5.41) is 10.9. The predicted molar refractivity (Wildman–Crippen MR) is 258 cm³/mol. The van der Waals surface area contributed by atoms with Crippen molar-refractivity contribution >= 4 is 102 Å². The second-order valence-corrected chi connectivity index (χ2v) is 17.2. The Balaban J connectivity index is 1.17. The smallest absolute Gasteiger partial charge is 0.162 e. The molecule has 5 aromatic heterocycles. The third-order valence-electron chi connectivity index (χ3n) is 12.8. The van der Waals surface area contributed by atoms with Gasteiger partial charge >= 0.3 is 0 Å². The maximum Gasteiger partial charge on any atom is 0.162 e. The average Bonchev–Trinajstić information content (AvgIpc) is 4.06. The van der Waals surface area contributed by atoms with Crippen molar-refractivity contribution in [2.75, 3.05) is 0 Å². The van der Waals surface area contributed by atoms with Crippen LogP contribution in [0.3, 0.4) is 0 Å². The van der Waals surface area contributed by atoms with E-state index in [1.54, 1.807) is 11.3 Å². The minimum absolute atomic E-state index is 0.716. The van der Waals surface area contributed by atoms with Gasteiger partial charge in [-0.2, -0.15) is 0 Å². The Bertz CT molecular complexity index is 4100. The summed E-state index contributed by atoms with van der Waals surface area (Å²) in [5.74, 6) is 1.61. The number of thiophene rings is 1. The van der Waals surface area contributed by atoms with Gasteiger partial charge in [-0.25, -0.2) is 9.97 Å². The van der Waals surface area contributed by atoms with Crippen molar-refractivity contribution in [1.29, 1.82) is 0 Å². The SMILES string of the molecule is c1ccc(-c2ccc3c(c2)c2c4c5ccccc5n5c6cc(-c7ccccc7)ccc6c(cc2n3-c2nc(-c3ccc6ccccc6c3)nc3c2sc2ccccc23)c45)cc1. The molecule has 14 rings (SSSR count). The van der Waals surface area contributed by atoms with Crippen LogP contribution in [0.15, 0.2) is 194 Å². The van der Waals surface area contributed by atoms with Gasteiger partial charge < -0.3 is 4.40 Å². The standard InChI is InChI=1S/C56H32N4S/c1-3-13-33(14-4-1)37-26-28-46-44(30-37)50-48(32-43-40-27-25-38(34-15-5-2-6-16-34)31-47(40)59-45-21-11-9-19-41(45)51(50)53(43)59)60(46)56-54-52(42-20-10-12-22-49(42)61-54)57-55(58-56)39-24-23-35-17-7-8-18-36(35)29-39/h1-32H. The summed E-state index contributed by atoms with van der Waals surface area (Å²) in [7, 11) is 0. The van der Waals surface area contributed by atoms with E-state index in [1.807, 2.05) is 0 Å². The number of fused-ring (bicyclic) bond motifs is 14. The van der Waals surface area contributed by atoms with Gasteiger partial charge in [0.15, 0.2) is 11.6 Å². The molecule has 0 fully saturated rings. The number of para-hydroxylation sites is 1. The number of rotatable bonds is 4. The van der Waals surface area contributed by atoms with Gasteiger partial charge in [0.2, 0.25) is 0 Å². The van der Waals surface area contributed by atoms with Gasteiger partial charge in [-0.05, 0) is 75.5 Å². The molecule has 282 valence electrons. The summed E-state index contributed by atoms with van der Waals surface area (Å²) in [6, 6.07) is 70.5. The molecule has 0 saturated carbocycles. The van der Waals surface area contributed by atoms with Crippen molar-refractivity contribution in [3.63, 3.8) is 0 Å². The molecule has 0 amide bonds. The van der Waals surface area contributed by atoms with E-state index in [2.05, 4.69) is 203 Å². The van der Waals surface area contributed by atoms with Crippen molar-refractivity contribution in [2.24, 2.45) is 0 Å². The van der Waals surface area contributed by atoms with Crippen LogP contribution in [0.2, 0.25) is 0 Å². The maximum atomic E-state index is 5.64. The molecule has 0 radical (unpaired) electrons. The summed E-state index contributed by atoms with van der Waals surface area (Å²) >= 11 is 1.78. The normalized spacial score (nSPS) is 12.3. The van der Waals surface area contributed by atoms with Crippen molar-refractivity contribution < 1.29 is 0 Å². The minimum atomic E-state index is 0.716. The Labute approximate surface area is 353 Å². The summed E-state index contributed by atoms with van der Waals surface area (Å²) in [6.07, 6.45) is 0. The number of aromatic nitrogens is 4. The highest BCUT2D eigenvalue weighted by Gasteiger charge is 2.27. The summed E-state index contributed by atoms with van der Waals surface area (Å²) in [6.45, 7) is 0. The molecule has 0 N–H and O–H groups in total. The van der Waals surface area contributed by atoms with Gasteiger partial charge in [0, 0.05) is 48.0 Å². The van der Waals surface area contributed by atoms with Crippen LogP contribution in [-0.4, -0.2) is 18.9 Å². The third-order valence-corrected chi connectivity index (χ3v) is 14.0. The molecule has 14 aromatic rings. The molecule has 0 spiro atoms. The van der Waals surface area contributed by atoms with E-state index in [-0.39, 0.29) is 0 Å². The third kappa shape index (κ3) is 4.64. The first-order chi connectivity index (χ1) is 30.2. The van der Waals surface area contributed by atoms with Crippen LogP contribution in [0.1, 0.15) is 0 Å². The van der Waals surface area contributed by atoms with E-state index in [0.717, 1.165) is 38.0 Å². The van der Waals surface area contributed by atoms with Crippen LogP contribution in [0.4, 0.5) is 0 Å². The van der Waals surface area contributed by atoms with Crippen LogP contribution in [0.5, 0.6) is 0 Å². The molecule has 0 saturated heterocycles. The van der Waals surface area contributed by atoms with Gasteiger partial charge in [-0.1, -0.05) is 152 Å². The van der Waals surface area contributed by atoms with Crippen LogP contribution in [-0.2, 0) is 0 Å². The first kappa shape index (κ1) is 33.0. The van der Waals surface area contributed by atoms with Crippen LogP contribution in [0, 0.1) is 0 Å². The Morgan fingerprint density at radius 2 is 1.07 bits per heavy atom. The van der Waals surface area contributed by atoms with Gasteiger partial charge in [-0.15, -0.1) is 11.3 Å². The van der Waals surface area contributed by atoms with Crippen molar-refractivity contribution in [3.05, 3.63) is 194 Å². The zero-order chi connectivity index (χ0) is 39.8. The lowest BCUT2D eigenvalue weighted by Crippen LogP contribution is -2.01. The lowest BCUT2D eigenvalue weighted by molar-refractivity contribution is 1.08. The molecule has 0 atom stereocenters. The molecule has 4 nitrogen and oxygen atoms in total. The number of hydrogen-bond donors (Lipinski definition) is 0. The molecule has 0 bridgehead atoms. The van der Waals surface area contributed by atoms with E-state index in [1.165, 1.54) is 86.6 Å². The van der Waals surface area contributed by atoms with E-state index >= 15 is 0 Å². The molecular weight excluding hydrogens is 761 g/mol. The van der Waals surface area contributed by atoms with Gasteiger partial charge in [0.1, 0.15) is 0 Å². The summed E-state index contributed by atoms with van der Waals surface area (Å²) in [4.78, 5) is 11.0. The fraction of sp³-hybridized carbons (Fsp3) is 0. The van der Waals surface area contributed by atoms with Gasteiger partial charge in [0.05, 0.1) is 37.8 Å². The highest BCUT2D eigenvalue weighted by molar-refractivity contribution is 7.26. The second-order valence-electron chi connectivity index (χ2n) is 16.1. The van der Waals surface area contributed by atoms with Gasteiger partial charge in [0.25, 0.3) is 0 Å². The lowest BCUT2D eigenvalue weighted by atomic mass is 9.99. The van der Waals surface area contributed by atoms with Gasteiger partial charge in [-0.3, -0.25) is 4.57 Å². The Morgan fingerprint density at radius 3 is 1.90 bits per heavy atom. The molecule has 0 aliphatic heterocycles. The van der Waals surface area contributed by atoms with E-state index in [0.29, 0.717) is 5.82 Å². The number of benzene rings is 9. The molecule has 0 aliphatic carbocycles. The topological polar surface area (TPSA) is 35.1 Å². The predicted octanol–water partition coefficient (Wildman–Crippen LogP) is 15.2. The molecular formula is C56H32N4S. The zero-order valence-electron chi connectivity index (χ0n) is 32.7. The Kier molecular flexibility index (Phi) is 6.68. The minimum Gasteiger partial charge on any atom is -0.308 e. The largest absolute Gasteiger partial charge is 0.308 e. The van der Waals surface area contributed by atoms with Crippen LogP contribution >= 0.6 is 11.3 Å². The summed E-state index contributed by atoms with van der Waals surface area (Å²) in [5.41, 5.74) is 12.7. The highest BCUT2D eigenvalue weighted by Crippen LogP contribution is 2.49. The second kappa shape index (κ2) is 12.3. The monoisotopic (exact) mass is 792 g/mol. The molecule has 5 heterocycles. The number of nitrogens with zero attached hydrogens (tertiary/aromatic N) is 4. The molecule has 9 aromatic carbocycles. The lowest BCUT2D eigenvalue weighted by Gasteiger charge is -2.12. The van der Waals surface area contributed by atoms with Crippen LogP contribution in [0.25, 0.3) is 130 Å². The Morgan fingerprint density at radius 1 is 0.377 bits per heavy atom. The quantitative estimate of drug-likeness (QED) is 0.178. The van der Waals surface area contributed by atoms with E-state index in [9.17, 15) is 0 Å². The number of hydrogen-bond acceptors (Lipinski definition) is 3. The first-order valence-corrected chi connectivity index (χ1v) is 21.6. The fourth-order valence-corrected chi connectivity index (χ4v) is 11.2. The Hall–Kier alpha value is -7.86. The average molecular weight is 793 g/mol. The van der Waals surface area contributed by atoms with E-state index in [4.69, 9.17) is 9.97 Å². The summed E-state index contributed by atoms with van der Waals surface area (Å²) < 4.78 is 7.23. The molecule has 0 unspecified atom stereocenters.